The average molecular weight is 531 g/mol. The van der Waals surface area contributed by atoms with Gasteiger partial charge in [-0.2, -0.15) is 4.98 Å². The summed E-state index contributed by atoms with van der Waals surface area (Å²) in [6.45, 7) is 1.04. The Morgan fingerprint density at radius 3 is 2.17 bits per heavy atom. The van der Waals surface area contributed by atoms with Gasteiger partial charge in [0.2, 0.25) is 11.8 Å². The topological polar surface area (TPSA) is 60.9 Å². The summed E-state index contributed by atoms with van der Waals surface area (Å²) >= 11 is 3.51. The molecule has 6 nitrogen and oxygen atoms in total. The fraction of sp³-hybridized carbons (Fsp3) is 0.143. The molecule has 1 aliphatic rings. The number of benzene rings is 3. The molecule has 1 amide bonds. The van der Waals surface area contributed by atoms with Crippen LogP contribution in [0.4, 0.5) is 5.69 Å². The van der Waals surface area contributed by atoms with E-state index in [2.05, 4.69) is 20.9 Å². The van der Waals surface area contributed by atoms with Crippen molar-refractivity contribution < 1.29 is 19.0 Å². The molecule has 0 N–H and O–H groups in total. The van der Waals surface area contributed by atoms with Gasteiger partial charge in [0.05, 0.1) is 18.1 Å². The number of ether oxygens (including phenoxy) is 3. The van der Waals surface area contributed by atoms with E-state index in [9.17, 15) is 4.79 Å². The van der Waals surface area contributed by atoms with E-state index in [1.54, 1.807) is 24.1 Å². The van der Waals surface area contributed by atoms with Gasteiger partial charge in [0.25, 0.3) is 5.91 Å². The molecule has 0 spiro atoms. The molecule has 176 valence electrons. The molecule has 0 saturated heterocycles. The summed E-state index contributed by atoms with van der Waals surface area (Å²) < 4.78 is 18.4. The Balaban J connectivity index is 1.45. The van der Waals surface area contributed by atoms with E-state index in [1.165, 1.54) is 0 Å². The maximum atomic E-state index is 13.3. The summed E-state index contributed by atoms with van der Waals surface area (Å²) in [6, 6.07) is 26.9. The van der Waals surface area contributed by atoms with Crippen LogP contribution in [-0.2, 0) is 19.8 Å². The zero-order chi connectivity index (χ0) is 24.2. The number of hydrogen-bond donors (Lipinski definition) is 0. The second kappa shape index (κ2) is 10.2. The monoisotopic (exact) mass is 530 g/mol. The lowest BCUT2D eigenvalue weighted by Gasteiger charge is -2.20. The first-order valence-electron chi connectivity index (χ1n) is 11.2. The number of fused-ring (bicyclic) bond motifs is 1. The van der Waals surface area contributed by atoms with Crippen molar-refractivity contribution in [1.82, 2.24) is 4.98 Å². The molecule has 1 aromatic heterocycles. The maximum absolute atomic E-state index is 13.3. The van der Waals surface area contributed by atoms with Crippen LogP contribution in [0.1, 0.15) is 27.0 Å². The molecule has 0 saturated carbocycles. The lowest BCUT2D eigenvalue weighted by molar-refractivity contribution is 0.0995. The van der Waals surface area contributed by atoms with E-state index in [-0.39, 0.29) is 5.91 Å². The average Bonchev–Trinajstić information content (AvgIpc) is 3.23. The molecule has 0 radical (unpaired) electrons. The molecule has 1 aliphatic heterocycles. The van der Waals surface area contributed by atoms with Gasteiger partial charge >= 0.3 is 0 Å². The summed E-state index contributed by atoms with van der Waals surface area (Å²) in [4.78, 5) is 19.6. The Morgan fingerprint density at radius 2 is 1.51 bits per heavy atom. The van der Waals surface area contributed by atoms with Crippen molar-refractivity contribution >= 4 is 27.5 Å². The van der Waals surface area contributed by atoms with E-state index in [0.29, 0.717) is 48.5 Å². The molecule has 7 heteroatoms. The minimum absolute atomic E-state index is 0.130. The van der Waals surface area contributed by atoms with Crippen molar-refractivity contribution in [3.63, 3.8) is 0 Å². The Hall–Kier alpha value is -3.84. The fourth-order valence-electron chi connectivity index (χ4n) is 4.01. The highest BCUT2D eigenvalue weighted by molar-refractivity contribution is 9.10. The quantitative estimate of drug-likeness (QED) is 0.272. The summed E-state index contributed by atoms with van der Waals surface area (Å²) in [5, 5.41) is 0. The van der Waals surface area contributed by atoms with E-state index < -0.39 is 0 Å². The van der Waals surface area contributed by atoms with E-state index in [4.69, 9.17) is 14.2 Å². The SMILES string of the molecule is COc1c(Br)ccc2c1CN(c1ccc(OCc3ccccc3)nc1OCc1ccccc1)C2=O. The number of rotatable bonds is 8. The van der Waals surface area contributed by atoms with Crippen molar-refractivity contribution in [1.29, 1.82) is 0 Å². The van der Waals surface area contributed by atoms with Gasteiger partial charge in [0, 0.05) is 17.2 Å². The fourth-order valence-corrected chi connectivity index (χ4v) is 4.55. The molecule has 0 fully saturated rings. The molecule has 0 bridgehead atoms. The number of carbonyl (C=O) groups excluding carboxylic acids is 1. The van der Waals surface area contributed by atoms with E-state index in [0.717, 1.165) is 21.2 Å². The van der Waals surface area contributed by atoms with Crippen LogP contribution >= 0.6 is 15.9 Å². The summed E-state index contributed by atoms with van der Waals surface area (Å²) in [7, 11) is 1.60. The lowest BCUT2D eigenvalue weighted by atomic mass is 10.1. The molecule has 0 aliphatic carbocycles. The predicted octanol–water partition coefficient (Wildman–Crippen LogP) is 6.17. The standard InChI is InChI=1S/C28H23BrN2O4/c1-33-26-22-16-31(28(32)21(22)12-13-23(26)29)24-14-15-25(34-17-19-8-4-2-5-9-19)30-27(24)35-18-20-10-6-3-7-11-20/h2-15H,16-18H2,1H3. The smallest absolute Gasteiger partial charge is 0.259 e. The minimum Gasteiger partial charge on any atom is -0.495 e. The van der Waals surface area contributed by atoms with Crippen LogP contribution in [-0.4, -0.2) is 18.0 Å². The first-order valence-corrected chi connectivity index (χ1v) is 11.9. The number of carbonyl (C=O) groups is 1. The normalized spacial score (nSPS) is 12.4. The maximum Gasteiger partial charge on any atom is 0.259 e. The number of amides is 1. The van der Waals surface area contributed by atoms with Crippen LogP contribution in [0.5, 0.6) is 17.5 Å². The second-order valence-electron chi connectivity index (χ2n) is 8.02. The van der Waals surface area contributed by atoms with E-state index >= 15 is 0 Å². The largest absolute Gasteiger partial charge is 0.495 e. The molecular formula is C28H23BrN2O4. The number of pyridine rings is 1. The Bertz CT molecular complexity index is 1350. The zero-order valence-electron chi connectivity index (χ0n) is 19.1. The van der Waals surface area contributed by atoms with Crippen LogP contribution in [0, 0.1) is 0 Å². The molecule has 2 heterocycles. The number of halogens is 1. The van der Waals surface area contributed by atoms with Crippen molar-refractivity contribution in [3.8, 4) is 17.5 Å². The van der Waals surface area contributed by atoms with Gasteiger partial charge in [-0.25, -0.2) is 0 Å². The number of aromatic nitrogens is 1. The molecule has 35 heavy (non-hydrogen) atoms. The highest BCUT2D eigenvalue weighted by Crippen LogP contribution is 2.41. The van der Waals surface area contributed by atoms with Gasteiger partial charge in [-0.3, -0.25) is 9.69 Å². The molecule has 5 rings (SSSR count). The summed E-state index contributed by atoms with van der Waals surface area (Å²) in [5.41, 5.74) is 4.03. The second-order valence-corrected chi connectivity index (χ2v) is 8.87. The van der Waals surface area contributed by atoms with Gasteiger partial charge in [-0.05, 0) is 45.3 Å². The number of anilines is 1. The van der Waals surface area contributed by atoms with Crippen molar-refractivity contribution in [3.05, 3.63) is 112 Å². The van der Waals surface area contributed by atoms with Gasteiger partial charge < -0.3 is 14.2 Å². The Labute approximate surface area is 212 Å². The molecular weight excluding hydrogens is 508 g/mol. The summed E-state index contributed by atoms with van der Waals surface area (Å²) in [5.74, 6) is 1.28. The third kappa shape index (κ3) is 4.86. The number of hydrogen-bond acceptors (Lipinski definition) is 5. The highest BCUT2D eigenvalue weighted by Gasteiger charge is 2.34. The molecule has 0 unspecified atom stereocenters. The predicted molar refractivity (Wildman–Crippen MR) is 137 cm³/mol. The van der Waals surface area contributed by atoms with Gasteiger partial charge in [-0.1, -0.05) is 60.7 Å². The first-order chi connectivity index (χ1) is 17.1. The van der Waals surface area contributed by atoms with Crippen molar-refractivity contribution in [2.24, 2.45) is 0 Å². The third-order valence-corrected chi connectivity index (χ3v) is 6.39. The third-order valence-electron chi connectivity index (χ3n) is 5.76. The lowest BCUT2D eigenvalue weighted by Crippen LogP contribution is -2.24. The Morgan fingerprint density at radius 1 is 0.857 bits per heavy atom. The summed E-state index contributed by atoms with van der Waals surface area (Å²) in [6.07, 6.45) is 0. The van der Waals surface area contributed by atoms with Crippen LogP contribution in [0.3, 0.4) is 0 Å². The van der Waals surface area contributed by atoms with Crippen LogP contribution in [0.2, 0.25) is 0 Å². The zero-order valence-corrected chi connectivity index (χ0v) is 20.7. The van der Waals surface area contributed by atoms with Crippen molar-refractivity contribution in [2.45, 2.75) is 19.8 Å². The minimum atomic E-state index is -0.130. The number of methoxy groups -OCH3 is 1. The van der Waals surface area contributed by atoms with Crippen LogP contribution in [0.15, 0.2) is 89.4 Å². The van der Waals surface area contributed by atoms with Gasteiger partial charge in [0.1, 0.15) is 24.7 Å². The van der Waals surface area contributed by atoms with E-state index in [1.807, 2.05) is 72.8 Å². The first kappa shape index (κ1) is 22.9. The number of nitrogens with zero attached hydrogens (tertiary/aromatic N) is 2. The van der Waals surface area contributed by atoms with Gasteiger partial charge in [-0.15, -0.1) is 0 Å². The van der Waals surface area contributed by atoms with Crippen LogP contribution < -0.4 is 19.1 Å². The molecule has 3 aromatic carbocycles. The molecule has 4 aromatic rings. The highest BCUT2D eigenvalue weighted by atomic mass is 79.9. The molecule has 0 atom stereocenters. The Kier molecular flexibility index (Phi) is 6.68. The van der Waals surface area contributed by atoms with Crippen LogP contribution in [0.25, 0.3) is 0 Å². The van der Waals surface area contributed by atoms with Gasteiger partial charge in [0.15, 0.2) is 0 Å². The van der Waals surface area contributed by atoms with Crippen molar-refractivity contribution in [2.75, 3.05) is 12.0 Å².